The second-order valence-corrected chi connectivity index (χ2v) is 3.89. The Labute approximate surface area is 104 Å². The maximum Gasteiger partial charge on any atom is 0.304 e. The zero-order valence-electron chi connectivity index (χ0n) is 10.1. The van der Waals surface area contributed by atoms with E-state index in [1.807, 2.05) is 6.92 Å². The molecule has 0 saturated carbocycles. The van der Waals surface area contributed by atoms with Crippen LogP contribution in [0.25, 0.3) is 0 Å². The summed E-state index contributed by atoms with van der Waals surface area (Å²) in [4.78, 5) is 21.2. The van der Waals surface area contributed by atoms with E-state index in [1.54, 1.807) is 0 Å². The van der Waals surface area contributed by atoms with Crippen molar-refractivity contribution in [2.45, 2.75) is 26.2 Å². The Morgan fingerprint density at radius 2 is 2.17 bits per heavy atom. The fraction of sp³-hybridized carbons (Fsp3) is 0.417. The average Bonchev–Trinajstić information content (AvgIpc) is 2.33. The van der Waals surface area contributed by atoms with Gasteiger partial charge in [-0.3, -0.25) is 14.9 Å². The van der Waals surface area contributed by atoms with Gasteiger partial charge in [0.15, 0.2) is 0 Å². The minimum absolute atomic E-state index is 0.0922. The largest absolute Gasteiger partial charge is 0.352 e. The van der Waals surface area contributed by atoms with E-state index in [4.69, 9.17) is 0 Å². The molecule has 1 aromatic rings. The van der Waals surface area contributed by atoms with E-state index in [1.165, 1.54) is 6.07 Å². The number of nitro benzene ring substituents is 1. The molecule has 6 heteroatoms. The van der Waals surface area contributed by atoms with Crippen molar-refractivity contribution in [3.8, 4) is 0 Å². The second kappa shape index (κ2) is 6.68. The van der Waals surface area contributed by atoms with Gasteiger partial charge in [0.2, 0.25) is 5.82 Å². The van der Waals surface area contributed by atoms with E-state index in [2.05, 4.69) is 5.32 Å². The molecule has 1 rings (SSSR count). The number of rotatable bonds is 6. The molecular weight excluding hydrogens is 239 g/mol. The van der Waals surface area contributed by atoms with Gasteiger partial charge in [0, 0.05) is 18.2 Å². The average molecular weight is 254 g/mol. The van der Waals surface area contributed by atoms with Crippen LogP contribution in [0.5, 0.6) is 0 Å². The van der Waals surface area contributed by atoms with Crippen molar-refractivity contribution in [2.75, 3.05) is 6.54 Å². The summed E-state index contributed by atoms with van der Waals surface area (Å²) in [7, 11) is 0. The Hall–Kier alpha value is -1.98. The fourth-order valence-corrected chi connectivity index (χ4v) is 1.48. The maximum absolute atomic E-state index is 13.3. The van der Waals surface area contributed by atoms with Crippen LogP contribution in [0.15, 0.2) is 18.2 Å². The summed E-state index contributed by atoms with van der Waals surface area (Å²) in [6.45, 7) is 2.57. The molecule has 18 heavy (non-hydrogen) atoms. The van der Waals surface area contributed by atoms with Gasteiger partial charge < -0.3 is 5.32 Å². The minimum atomic E-state index is -0.999. The number of hydrogen-bond donors (Lipinski definition) is 1. The van der Waals surface area contributed by atoms with E-state index in [0.717, 1.165) is 31.4 Å². The van der Waals surface area contributed by atoms with Gasteiger partial charge in [-0.15, -0.1) is 0 Å². The third-order valence-electron chi connectivity index (χ3n) is 2.47. The van der Waals surface area contributed by atoms with Crippen molar-refractivity contribution in [3.63, 3.8) is 0 Å². The Bertz CT molecular complexity index is 449. The molecule has 0 bridgehead atoms. The van der Waals surface area contributed by atoms with Crippen molar-refractivity contribution in [1.82, 2.24) is 5.32 Å². The molecule has 0 heterocycles. The smallest absolute Gasteiger partial charge is 0.304 e. The van der Waals surface area contributed by atoms with Gasteiger partial charge in [0.1, 0.15) is 0 Å². The van der Waals surface area contributed by atoms with Gasteiger partial charge in [0.05, 0.1) is 4.92 Å². The third-order valence-corrected chi connectivity index (χ3v) is 2.47. The van der Waals surface area contributed by atoms with Gasteiger partial charge >= 0.3 is 5.69 Å². The van der Waals surface area contributed by atoms with Crippen LogP contribution in [-0.2, 0) is 0 Å². The topological polar surface area (TPSA) is 72.2 Å². The van der Waals surface area contributed by atoms with Crippen molar-refractivity contribution in [3.05, 3.63) is 39.7 Å². The molecule has 0 radical (unpaired) electrons. The summed E-state index contributed by atoms with van der Waals surface area (Å²) in [6, 6.07) is 3.12. The van der Waals surface area contributed by atoms with E-state index >= 15 is 0 Å². The highest BCUT2D eigenvalue weighted by Crippen LogP contribution is 2.17. The van der Waals surface area contributed by atoms with Gasteiger partial charge in [-0.2, -0.15) is 4.39 Å². The molecule has 0 aliphatic carbocycles. The molecule has 0 saturated heterocycles. The summed E-state index contributed by atoms with van der Waals surface area (Å²) in [5.41, 5.74) is -0.535. The first-order valence-corrected chi connectivity index (χ1v) is 5.78. The number of unbranched alkanes of at least 4 members (excludes halogenated alkanes) is 2. The number of halogens is 1. The van der Waals surface area contributed by atoms with Crippen LogP contribution < -0.4 is 5.32 Å². The molecule has 5 nitrogen and oxygen atoms in total. The summed E-state index contributed by atoms with van der Waals surface area (Å²) < 4.78 is 13.3. The molecule has 0 spiro atoms. The van der Waals surface area contributed by atoms with Crippen LogP contribution in [0, 0.1) is 15.9 Å². The number of amides is 1. The molecule has 0 aliphatic rings. The third kappa shape index (κ3) is 3.80. The fourth-order valence-electron chi connectivity index (χ4n) is 1.48. The van der Waals surface area contributed by atoms with E-state index in [9.17, 15) is 19.3 Å². The van der Waals surface area contributed by atoms with Crippen LogP contribution >= 0.6 is 0 Å². The molecule has 98 valence electrons. The number of carbonyl (C=O) groups is 1. The molecule has 0 unspecified atom stereocenters. The zero-order valence-corrected chi connectivity index (χ0v) is 10.1. The van der Waals surface area contributed by atoms with Gasteiger partial charge in [0.25, 0.3) is 5.91 Å². The molecule has 0 fully saturated rings. The monoisotopic (exact) mass is 254 g/mol. The minimum Gasteiger partial charge on any atom is -0.352 e. The number of hydrogen-bond acceptors (Lipinski definition) is 3. The Kier molecular flexibility index (Phi) is 5.23. The van der Waals surface area contributed by atoms with Crippen LogP contribution in [0.4, 0.5) is 10.1 Å². The molecule has 0 atom stereocenters. The predicted molar refractivity (Wildman–Crippen MR) is 64.9 cm³/mol. The Balaban J connectivity index is 2.64. The summed E-state index contributed by atoms with van der Waals surface area (Å²) >= 11 is 0. The van der Waals surface area contributed by atoms with Gasteiger partial charge in [-0.25, -0.2) is 0 Å². The van der Waals surface area contributed by atoms with E-state index < -0.39 is 22.3 Å². The van der Waals surface area contributed by atoms with Gasteiger partial charge in [-0.1, -0.05) is 19.8 Å². The highest BCUT2D eigenvalue weighted by molar-refractivity contribution is 5.94. The van der Waals surface area contributed by atoms with Gasteiger partial charge in [-0.05, 0) is 18.6 Å². The van der Waals surface area contributed by atoms with Crippen LogP contribution in [0.3, 0.4) is 0 Å². The lowest BCUT2D eigenvalue weighted by Gasteiger charge is -2.04. The van der Waals surface area contributed by atoms with Crippen LogP contribution in [-0.4, -0.2) is 17.4 Å². The van der Waals surface area contributed by atoms with Crippen molar-refractivity contribution < 1.29 is 14.1 Å². The Morgan fingerprint density at radius 3 is 2.72 bits per heavy atom. The summed E-state index contributed by atoms with van der Waals surface area (Å²) in [6.07, 6.45) is 2.91. The molecular formula is C12H15FN2O3. The molecule has 1 amide bonds. The first kappa shape index (κ1) is 14.1. The lowest BCUT2D eigenvalue weighted by atomic mass is 10.2. The quantitative estimate of drug-likeness (QED) is 0.482. The highest BCUT2D eigenvalue weighted by Gasteiger charge is 2.16. The lowest BCUT2D eigenvalue weighted by Crippen LogP contribution is -2.24. The van der Waals surface area contributed by atoms with Crippen molar-refractivity contribution in [1.29, 1.82) is 0 Å². The van der Waals surface area contributed by atoms with Crippen molar-refractivity contribution in [2.24, 2.45) is 0 Å². The zero-order chi connectivity index (χ0) is 13.5. The number of nitro groups is 1. The molecule has 0 aliphatic heterocycles. The van der Waals surface area contributed by atoms with E-state index in [0.29, 0.717) is 6.54 Å². The predicted octanol–water partition coefficient (Wildman–Crippen LogP) is 2.65. The second-order valence-electron chi connectivity index (χ2n) is 3.89. The molecule has 1 aromatic carbocycles. The molecule has 1 N–H and O–H groups in total. The van der Waals surface area contributed by atoms with Crippen LogP contribution in [0.2, 0.25) is 0 Å². The van der Waals surface area contributed by atoms with Crippen LogP contribution in [0.1, 0.15) is 36.5 Å². The molecule has 0 aromatic heterocycles. The first-order chi connectivity index (χ1) is 8.56. The summed E-state index contributed by atoms with van der Waals surface area (Å²) in [5, 5.41) is 13.0. The normalized spacial score (nSPS) is 10.1. The first-order valence-electron chi connectivity index (χ1n) is 5.78. The highest BCUT2D eigenvalue weighted by atomic mass is 19.1. The number of benzene rings is 1. The lowest BCUT2D eigenvalue weighted by molar-refractivity contribution is -0.387. The number of nitrogens with one attached hydrogen (secondary N) is 1. The van der Waals surface area contributed by atoms with Crippen molar-refractivity contribution >= 4 is 11.6 Å². The number of nitrogens with zero attached hydrogens (tertiary/aromatic N) is 1. The standard InChI is InChI=1S/C12H15FN2O3/c1-2-3-4-7-14-12(16)9-5-6-11(15(17)18)10(13)8-9/h5-6,8H,2-4,7H2,1H3,(H,14,16). The Morgan fingerprint density at radius 1 is 1.44 bits per heavy atom. The number of carbonyl (C=O) groups excluding carboxylic acids is 1. The SMILES string of the molecule is CCCCCNC(=O)c1ccc([N+](=O)[O-])c(F)c1. The summed E-state index contributed by atoms with van der Waals surface area (Å²) in [5.74, 6) is -1.42. The van der Waals surface area contributed by atoms with E-state index in [-0.39, 0.29) is 5.56 Å². The maximum atomic E-state index is 13.3.